The molecule has 1 saturated carbocycles. The summed E-state index contributed by atoms with van der Waals surface area (Å²) in [7, 11) is 0. The number of ether oxygens (including phenoxy) is 1. The van der Waals surface area contributed by atoms with Crippen LogP contribution in [0.25, 0.3) is 21.5 Å². The number of nitrogens with zero attached hydrogens (tertiary/aromatic N) is 1. The standard InChI is InChI=1S/C37H45BrN4O4.C11H7BrO2/c38-31-11-10-28-23-30(9-8-29(28)24-31)34(43)41-37(16-4-5-17-37)36(45)40-33(22-26-6-2-1-3-7-26)35(44)39-25-27-12-18-42(19-13-27)32-14-20-46-21-15-32;12-10-4-3-7-5-9(11(13)14)2-1-8(7)6-10/h1-3,6-11,23-24,27,32-33H,4-5,12-22,25H2,(H,39,44)(H,40,45)(H,41,43);1-6H,(H,13,14)/t33-;/m1./s1. The van der Waals surface area contributed by atoms with Gasteiger partial charge in [0.1, 0.15) is 11.6 Å². The number of rotatable bonds is 11. The highest BCUT2D eigenvalue weighted by atomic mass is 79.9. The molecule has 2 saturated heterocycles. The van der Waals surface area contributed by atoms with E-state index in [2.05, 4.69) is 52.7 Å². The molecule has 3 aliphatic rings. The third-order valence-electron chi connectivity index (χ3n) is 12.2. The molecule has 10 nitrogen and oxygen atoms in total. The first kappa shape index (κ1) is 43.5. The Bertz CT molecular complexity index is 2300. The van der Waals surface area contributed by atoms with Crippen molar-refractivity contribution in [1.29, 1.82) is 0 Å². The second kappa shape index (κ2) is 20.3. The lowest BCUT2D eigenvalue weighted by Gasteiger charge is -2.39. The topological polar surface area (TPSA) is 137 Å². The highest BCUT2D eigenvalue weighted by Gasteiger charge is 2.44. The third kappa shape index (κ3) is 11.2. The first-order valence-corrected chi connectivity index (χ1v) is 22.5. The van der Waals surface area contributed by atoms with E-state index in [1.165, 1.54) is 0 Å². The van der Waals surface area contributed by atoms with Crippen molar-refractivity contribution < 1.29 is 29.0 Å². The predicted molar refractivity (Wildman–Crippen MR) is 242 cm³/mol. The number of likely N-dealkylation sites (tertiary alicyclic amines) is 1. The van der Waals surface area contributed by atoms with Crippen LogP contribution in [0.5, 0.6) is 0 Å². The van der Waals surface area contributed by atoms with Gasteiger partial charge < -0.3 is 30.7 Å². The van der Waals surface area contributed by atoms with Gasteiger partial charge in [0.15, 0.2) is 0 Å². The van der Waals surface area contributed by atoms with Gasteiger partial charge in [0.25, 0.3) is 5.91 Å². The van der Waals surface area contributed by atoms with Crippen molar-refractivity contribution in [3.63, 3.8) is 0 Å². The van der Waals surface area contributed by atoms with E-state index in [4.69, 9.17) is 9.84 Å². The molecule has 3 amide bonds. The maximum absolute atomic E-state index is 14.1. The van der Waals surface area contributed by atoms with Gasteiger partial charge in [0.2, 0.25) is 11.8 Å². The van der Waals surface area contributed by atoms with Crippen LogP contribution in [0.4, 0.5) is 0 Å². The molecule has 2 aliphatic heterocycles. The molecule has 0 bridgehead atoms. The molecule has 1 atom stereocenters. The number of piperidine rings is 1. The summed E-state index contributed by atoms with van der Waals surface area (Å²) in [5.41, 5.74) is 0.744. The number of carbonyl (C=O) groups is 4. The average Bonchev–Trinajstić information content (AvgIpc) is 3.75. The van der Waals surface area contributed by atoms with E-state index in [1.54, 1.807) is 18.2 Å². The summed E-state index contributed by atoms with van der Waals surface area (Å²) >= 11 is 6.86. The molecular weight excluding hydrogens is 888 g/mol. The van der Waals surface area contributed by atoms with Gasteiger partial charge in [-0.15, -0.1) is 0 Å². The Morgan fingerprint density at radius 2 is 1.30 bits per heavy atom. The molecule has 5 aromatic carbocycles. The summed E-state index contributed by atoms with van der Waals surface area (Å²) in [6.45, 7) is 4.39. The van der Waals surface area contributed by atoms with Crippen molar-refractivity contribution in [1.82, 2.24) is 20.9 Å². The van der Waals surface area contributed by atoms with Gasteiger partial charge in [-0.3, -0.25) is 14.4 Å². The fraction of sp³-hybridized carbons (Fsp3) is 0.375. The van der Waals surface area contributed by atoms with Crippen LogP contribution in [-0.4, -0.2) is 84.2 Å². The molecule has 0 spiro atoms. The number of carboxylic acids is 1. The molecule has 3 fully saturated rings. The molecule has 314 valence electrons. The lowest BCUT2D eigenvalue weighted by molar-refractivity contribution is -0.132. The van der Waals surface area contributed by atoms with Gasteiger partial charge in [0, 0.05) is 46.7 Å². The lowest BCUT2D eigenvalue weighted by atomic mass is 9.93. The second-order valence-electron chi connectivity index (χ2n) is 16.2. The van der Waals surface area contributed by atoms with E-state index in [0.29, 0.717) is 48.9 Å². The molecule has 1 aliphatic carbocycles. The van der Waals surface area contributed by atoms with E-state index >= 15 is 0 Å². The SMILES string of the molecule is O=C(NC1(C(=O)N[C@H](Cc2ccccc2)C(=O)NCC2CCN(C3CCOCC3)CC2)CCCC1)c1ccc2cc(Br)ccc2c1.O=C(O)c1ccc2cc(Br)ccc2c1. The van der Waals surface area contributed by atoms with Gasteiger partial charge in [0.05, 0.1) is 5.56 Å². The van der Waals surface area contributed by atoms with Gasteiger partial charge in [-0.2, -0.15) is 0 Å². The lowest BCUT2D eigenvalue weighted by Crippen LogP contribution is -2.61. The smallest absolute Gasteiger partial charge is 0.335 e. The highest BCUT2D eigenvalue weighted by Crippen LogP contribution is 2.31. The zero-order chi connectivity index (χ0) is 42.1. The van der Waals surface area contributed by atoms with Crippen LogP contribution in [0, 0.1) is 5.92 Å². The van der Waals surface area contributed by atoms with Crippen molar-refractivity contribution in [2.45, 2.75) is 75.4 Å². The summed E-state index contributed by atoms with van der Waals surface area (Å²) in [6, 6.07) is 32.0. The van der Waals surface area contributed by atoms with E-state index < -0.39 is 17.6 Å². The number of fused-ring (bicyclic) bond motifs is 2. The monoisotopic (exact) mass is 938 g/mol. The third-order valence-corrected chi connectivity index (χ3v) is 13.2. The fourth-order valence-corrected chi connectivity index (χ4v) is 9.44. The Balaban J connectivity index is 0.000000327. The summed E-state index contributed by atoms with van der Waals surface area (Å²) in [4.78, 5) is 54.6. The minimum absolute atomic E-state index is 0.177. The van der Waals surface area contributed by atoms with Crippen molar-refractivity contribution in [2.24, 2.45) is 5.92 Å². The van der Waals surface area contributed by atoms with Crippen molar-refractivity contribution in [2.75, 3.05) is 32.8 Å². The van der Waals surface area contributed by atoms with Crippen LogP contribution in [0.15, 0.2) is 112 Å². The van der Waals surface area contributed by atoms with Crippen molar-refractivity contribution >= 4 is 77.1 Å². The van der Waals surface area contributed by atoms with Crippen LogP contribution in [-0.2, 0) is 20.7 Å². The van der Waals surface area contributed by atoms with Crippen molar-refractivity contribution in [3.05, 3.63) is 129 Å². The van der Waals surface area contributed by atoms with Crippen LogP contribution < -0.4 is 16.0 Å². The Morgan fingerprint density at radius 1 is 0.733 bits per heavy atom. The summed E-state index contributed by atoms with van der Waals surface area (Å²) in [5, 5.41) is 22.1. The molecule has 2 heterocycles. The largest absolute Gasteiger partial charge is 0.478 e. The Morgan fingerprint density at radius 3 is 1.92 bits per heavy atom. The number of benzene rings is 5. The minimum Gasteiger partial charge on any atom is -0.478 e. The predicted octanol–water partition coefficient (Wildman–Crippen LogP) is 8.68. The number of hydrogen-bond donors (Lipinski definition) is 4. The summed E-state index contributed by atoms with van der Waals surface area (Å²) < 4.78 is 7.51. The zero-order valence-electron chi connectivity index (χ0n) is 33.6. The molecule has 60 heavy (non-hydrogen) atoms. The van der Waals surface area contributed by atoms with E-state index in [1.807, 2.05) is 84.9 Å². The first-order chi connectivity index (χ1) is 29.0. The van der Waals surface area contributed by atoms with Crippen LogP contribution in [0.1, 0.15) is 77.6 Å². The molecule has 0 aromatic heterocycles. The minimum atomic E-state index is -1.06. The van der Waals surface area contributed by atoms with Gasteiger partial charge >= 0.3 is 5.97 Å². The zero-order valence-corrected chi connectivity index (χ0v) is 36.8. The van der Waals surface area contributed by atoms with Gasteiger partial charge in [-0.05, 0) is 133 Å². The van der Waals surface area contributed by atoms with Crippen LogP contribution in [0.2, 0.25) is 0 Å². The normalized spacial score (nSPS) is 17.6. The Hall–Kier alpha value is -4.62. The second-order valence-corrected chi connectivity index (χ2v) is 18.1. The molecule has 5 aromatic rings. The van der Waals surface area contributed by atoms with Crippen molar-refractivity contribution in [3.8, 4) is 0 Å². The average molecular weight is 941 g/mol. The molecular formula is C48H52Br2N4O6. The van der Waals surface area contributed by atoms with E-state index in [0.717, 1.165) is 101 Å². The van der Waals surface area contributed by atoms with Crippen LogP contribution >= 0.6 is 31.9 Å². The maximum atomic E-state index is 14.1. The summed E-state index contributed by atoms with van der Waals surface area (Å²) in [6.07, 6.45) is 7.43. The number of aromatic carboxylic acids is 1. The molecule has 4 N–H and O–H groups in total. The van der Waals surface area contributed by atoms with Gasteiger partial charge in [-0.1, -0.05) is 99.3 Å². The maximum Gasteiger partial charge on any atom is 0.335 e. The summed E-state index contributed by atoms with van der Waals surface area (Å²) in [5.74, 6) is -1.22. The molecule has 12 heteroatoms. The highest BCUT2D eigenvalue weighted by molar-refractivity contribution is 9.10. The first-order valence-electron chi connectivity index (χ1n) is 20.9. The number of carboxylic acid groups (broad SMARTS) is 1. The van der Waals surface area contributed by atoms with Crippen LogP contribution in [0.3, 0.4) is 0 Å². The number of hydrogen-bond acceptors (Lipinski definition) is 6. The van der Waals surface area contributed by atoms with E-state index in [9.17, 15) is 19.2 Å². The Kier molecular flexibility index (Phi) is 14.7. The molecule has 0 radical (unpaired) electrons. The number of halogens is 2. The number of amides is 3. The fourth-order valence-electron chi connectivity index (χ4n) is 8.68. The quantitative estimate of drug-likeness (QED) is 0.104. The molecule has 0 unspecified atom stereocenters. The number of carbonyl (C=O) groups excluding carboxylic acids is 3. The van der Waals surface area contributed by atoms with Gasteiger partial charge in [-0.25, -0.2) is 4.79 Å². The molecule has 8 rings (SSSR count). The Labute approximate surface area is 368 Å². The number of nitrogens with one attached hydrogen (secondary N) is 3. The van der Waals surface area contributed by atoms with E-state index in [-0.39, 0.29) is 17.7 Å².